The molecule has 0 aliphatic rings. The third-order valence-electron chi connectivity index (χ3n) is 11.6. The van der Waals surface area contributed by atoms with E-state index in [0.29, 0.717) is 66.4 Å². The topological polar surface area (TPSA) is 175 Å². The van der Waals surface area contributed by atoms with E-state index in [0.717, 1.165) is 33.4 Å². The molecule has 2 aromatic heterocycles. The number of alkyl halides is 2. The Morgan fingerprint density at radius 1 is 0.571 bits per heavy atom. The van der Waals surface area contributed by atoms with Crippen LogP contribution in [0.15, 0.2) is 97.6 Å². The van der Waals surface area contributed by atoms with Crippen molar-refractivity contribution in [2.24, 2.45) is 0 Å². The van der Waals surface area contributed by atoms with Gasteiger partial charge in [-0.3, -0.25) is 9.97 Å². The predicted molar refractivity (Wildman–Crippen MR) is 265 cm³/mol. The molecule has 0 saturated carbocycles. The molecule has 0 unspecified atom stereocenters. The van der Waals surface area contributed by atoms with Gasteiger partial charge in [0.1, 0.15) is 73.9 Å². The number of halogens is 4. The van der Waals surface area contributed by atoms with Crippen LogP contribution in [-0.4, -0.2) is 56.8 Å². The van der Waals surface area contributed by atoms with Gasteiger partial charge in [0.15, 0.2) is 0 Å². The van der Waals surface area contributed by atoms with Gasteiger partial charge in [0.05, 0.1) is 32.4 Å². The Balaban J connectivity index is 1.19. The Hall–Kier alpha value is -6.36. The predicted octanol–water partition coefficient (Wildman–Crippen LogP) is 10.5. The van der Waals surface area contributed by atoms with Gasteiger partial charge in [-0.15, -0.1) is 0 Å². The Morgan fingerprint density at radius 2 is 0.957 bits per heavy atom. The fraction of sp³-hybridized carbons (Fsp3) is 0.333. The van der Waals surface area contributed by atoms with Crippen molar-refractivity contribution in [3.8, 4) is 46.3 Å². The molecule has 0 fully saturated rings. The Morgan fingerprint density at radius 3 is 1.33 bits per heavy atom. The van der Waals surface area contributed by atoms with Crippen LogP contribution in [0.5, 0.6) is 23.0 Å². The molecule has 0 spiro atoms. The second-order valence-electron chi connectivity index (χ2n) is 18.0. The van der Waals surface area contributed by atoms with Crippen molar-refractivity contribution in [1.82, 2.24) is 20.6 Å². The highest BCUT2D eigenvalue weighted by Gasteiger charge is 2.27. The number of hydrogen-bond acceptors (Lipinski definition) is 12. The van der Waals surface area contributed by atoms with E-state index in [2.05, 4.69) is 32.7 Å². The Kier molecular flexibility index (Phi) is 18.2. The largest absolute Gasteiger partial charge is 0.488 e. The third kappa shape index (κ3) is 14.4. The second kappa shape index (κ2) is 24.0. The van der Waals surface area contributed by atoms with Gasteiger partial charge in [-0.05, 0) is 99.2 Å². The van der Waals surface area contributed by atoms with E-state index in [1.165, 1.54) is 40.1 Å². The Labute approximate surface area is 417 Å². The van der Waals surface area contributed by atoms with E-state index >= 15 is 0 Å². The zero-order valence-corrected chi connectivity index (χ0v) is 41.4. The van der Waals surface area contributed by atoms with Crippen LogP contribution in [0.3, 0.4) is 0 Å². The van der Waals surface area contributed by atoms with Crippen LogP contribution in [0.25, 0.3) is 11.1 Å². The number of aromatic nitrogens is 2. The first kappa shape index (κ1) is 53.0. The molecule has 0 aliphatic heterocycles. The van der Waals surface area contributed by atoms with E-state index in [-0.39, 0.29) is 52.6 Å². The lowest BCUT2D eigenvalue weighted by atomic mass is 9.92. The highest BCUT2D eigenvalue weighted by atomic mass is 35.5. The maximum Gasteiger partial charge on any atom is 0.142 e. The van der Waals surface area contributed by atoms with Crippen LogP contribution in [0.2, 0.25) is 10.0 Å². The number of nitrogens with one attached hydrogen (secondary N) is 2. The summed E-state index contributed by atoms with van der Waals surface area (Å²) in [6.07, 6.45) is 3.11. The van der Waals surface area contributed by atoms with Gasteiger partial charge in [-0.2, -0.15) is 10.5 Å². The molecule has 0 bridgehead atoms. The molecule has 12 nitrogen and oxygen atoms in total. The highest BCUT2D eigenvalue weighted by Crippen LogP contribution is 2.37. The van der Waals surface area contributed by atoms with Gasteiger partial charge >= 0.3 is 0 Å². The lowest BCUT2D eigenvalue weighted by Crippen LogP contribution is -2.40. The number of nitrogens with zero attached hydrogens (tertiary/aromatic N) is 4. The third-order valence-corrected chi connectivity index (χ3v) is 12.2. The number of benzene rings is 4. The molecular formula is C54H56Cl2F2N6O6. The first-order chi connectivity index (χ1) is 33.3. The molecule has 6 aromatic rings. The quantitative estimate of drug-likeness (QED) is 0.0479. The van der Waals surface area contributed by atoms with Gasteiger partial charge < -0.3 is 39.8 Å². The fourth-order valence-corrected chi connectivity index (χ4v) is 7.72. The smallest absolute Gasteiger partial charge is 0.142 e. The van der Waals surface area contributed by atoms with Crippen molar-refractivity contribution in [3.05, 3.63) is 163 Å². The minimum Gasteiger partial charge on any atom is -0.488 e. The molecule has 0 amide bonds. The first-order valence-electron chi connectivity index (χ1n) is 22.5. The number of hydrogen-bond donors (Lipinski definition) is 4. The summed E-state index contributed by atoms with van der Waals surface area (Å²) in [7, 11) is 0. The van der Waals surface area contributed by atoms with Crippen molar-refractivity contribution in [3.63, 3.8) is 0 Å². The molecule has 2 atom stereocenters. The van der Waals surface area contributed by atoms with Crippen LogP contribution in [-0.2, 0) is 39.5 Å². The van der Waals surface area contributed by atoms with E-state index < -0.39 is 23.5 Å². The number of nitriles is 2. The van der Waals surface area contributed by atoms with Gasteiger partial charge in [-0.25, -0.2) is 8.78 Å². The summed E-state index contributed by atoms with van der Waals surface area (Å²) >= 11 is 13.6. The minimum absolute atomic E-state index is 0.0933. The first-order valence-corrected chi connectivity index (χ1v) is 23.3. The van der Waals surface area contributed by atoms with E-state index in [1.54, 1.807) is 48.8 Å². The summed E-state index contributed by atoms with van der Waals surface area (Å²) in [5, 5.41) is 45.6. The van der Waals surface area contributed by atoms with Crippen molar-refractivity contribution in [2.45, 2.75) is 105 Å². The van der Waals surface area contributed by atoms with Crippen molar-refractivity contribution >= 4 is 23.2 Å². The fourth-order valence-electron chi connectivity index (χ4n) is 7.24. The second-order valence-corrected chi connectivity index (χ2v) is 18.8. The molecule has 6 rings (SSSR count). The van der Waals surface area contributed by atoms with Gasteiger partial charge in [0, 0.05) is 85.4 Å². The molecule has 4 aromatic carbocycles. The van der Waals surface area contributed by atoms with Gasteiger partial charge in [0.2, 0.25) is 0 Å². The summed E-state index contributed by atoms with van der Waals surface area (Å²) in [6, 6.07) is 26.3. The maximum atomic E-state index is 14.6. The van der Waals surface area contributed by atoms with Crippen LogP contribution < -0.4 is 29.6 Å². The molecule has 366 valence electrons. The molecule has 4 N–H and O–H groups in total. The average molecular weight is 994 g/mol. The van der Waals surface area contributed by atoms with Crippen molar-refractivity contribution < 1.29 is 37.9 Å². The summed E-state index contributed by atoms with van der Waals surface area (Å²) in [5.41, 5.74) is 6.14. The van der Waals surface area contributed by atoms with Crippen LogP contribution >= 0.6 is 23.2 Å². The van der Waals surface area contributed by atoms with E-state index in [9.17, 15) is 29.5 Å². The monoisotopic (exact) mass is 992 g/mol. The van der Waals surface area contributed by atoms with Gasteiger partial charge in [-0.1, -0.05) is 59.6 Å². The van der Waals surface area contributed by atoms with Crippen molar-refractivity contribution in [1.29, 1.82) is 10.5 Å². The number of pyridine rings is 2. The molecule has 0 aliphatic carbocycles. The molecule has 2 heterocycles. The van der Waals surface area contributed by atoms with E-state index in [1.807, 2.05) is 50.2 Å². The number of aliphatic hydroxyl groups is 2. The van der Waals surface area contributed by atoms with Crippen LogP contribution in [0.1, 0.15) is 83.3 Å². The minimum atomic E-state index is -1.52. The summed E-state index contributed by atoms with van der Waals surface area (Å²) in [6.45, 7) is 10.4. The normalized spacial score (nSPS) is 12.4. The van der Waals surface area contributed by atoms with Crippen LogP contribution in [0, 0.1) is 36.5 Å². The molecule has 0 radical (unpaired) electrons. The summed E-state index contributed by atoms with van der Waals surface area (Å²) in [4.78, 5) is 8.25. The molecule has 70 heavy (non-hydrogen) atoms. The SMILES string of the molecule is Cc1c(COc2cc(OCc3cncc(C#N)c3)c(CNC[C@@H](F)C(C)(C)O)cc2Cl)cccc1-c1cccc(COc2cc(OCc3cncc(C#N)c3)c(CNC[C@@H](F)C(C)(C)O)cc2Cl)c1C. The number of ether oxygens (including phenoxy) is 4. The van der Waals surface area contributed by atoms with E-state index in [4.69, 9.17) is 42.1 Å². The molecule has 16 heteroatoms. The molecule has 0 saturated heterocycles. The summed E-state index contributed by atoms with van der Waals surface area (Å²) < 4.78 is 54.4. The molecular weight excluding hydrogens is 938 g/mol. The Bertz CT molecular complexity index is 2670. The average Bonchev–Trinajstić information content (AvgIpc) is 3.33. The van der Waals surface area contributed by atoms with Crippen LogP contribution in [0.4, 0.5) is 8.78 Å². The maximum absolute atomic E-state index is 14.6. The van der Waals surface area contributed by atoms with Gasteiger partial charge in [0.25, 0.3) is 0 Å². The lowest BCUT2D eigenvalue weighted by molar-refractivity contribution is -0.00260. The zero-order valence-electron chi connectivity index (χ0n) is 39.9. The van der Waals surface area contributed by atoms with Crippen molar-refractivity contribution in [2.75, 3.05) is 13.1 Å². The number of rotatable bonds is 23. The zero-order chi connectivity index (χ0) is 50.6. The highest BCUT2D eigenvalue weighted by molar-refractivity contribution is 6.32. The standard InChI is InChI=1S/C54H56Cl2F2N6O6/c1-33-39(31-69-49-17-47(67-29-37-13-35(19-59)21-61-23-37)41(15-45(49)55)25-63-27-51(57)53(3,4)65)9-7-11-43(33)44-12-8-10-40(34(44)2)32-70-50-18-48(68-30-38-14-36(20-60)22-62-24-38)42(16-46(50)56)26-64-28-52(58)54(5,6)66/h7-18,21-24,51-52,63-66H,25-32H2,1-6H3/t51-,52-/m1/s1. The lowest BCUT2D eigenvalue weighted by Gasteiger charge is -2.23. The summed E-state index contributed by atoms with van der Waals surface area (Å²) in [5.74, 6) is 1.59.